The number of amides is 2. The van der Waals surface area contributed by atoms with Crippen LogP contribution in [0, 0.1) is 0 Å². The lowest BCUT2D eigenvalue weighted by atomic mass is 9.90. The van der Waals surface area contributed by atoms with Crippen molar-refractivity contribution in [2.45, 2.75) is 51.6 Å². The number of hydrogen-bond acceptors (Lipinski definition) is 5. The average Bonchev–Trinajstić information content (AvgIpc) is 3.15. The van der Waals surface area contributed by atoms with Crippen molar-refractivity contribution in [2.24, 2.45) is 0 Å². The molecular formula is C22H28N4O2S. The van der Waals surface area contributed by atoms with Gasteiger partial charge in [-0.25, -0.2) is 4.98 Å². The number of anilines is 1. The van der Waals surface area contributed by atoms with Crippen LogP contribution in [0.25, 0.3) is 0 Å². The van der Waals surface area contributed by atoms with E-state index in [1.54, 1.807) is 6.92 Å². The summed E-state index contributed by atoms with van der Waals surface area (Å²) in [6, 6.07) is 7.89. The van der Waals surface area contributed by atoms with Gasteiger partial charge in [-0.3, -0.25) is 14.5 Å². The van der Waals surface area contributed by atoms with E-state index < -0.39 is 0 Å². The number of aromatic nitrogens is 1. The zero-order chi connectivity index (χ0) is 20.2. The summed E-state index contributed by atoms with van der Waals surface area (Å²) >= 11 is 1.47. The van der Waals surface area contributed by atoms with E-state index >= 15 is 0 Å². The van der Waals surface area contributed by atoms with Crippen molar-refractivity contribution in [1.82, 2.24) is 14.8 Å². The van der Waals surface area contributed by atoms with Crippen LogP contribution in [0.4, 0.5) is 5.13 Å². The van der Waals surface area contributed by atoms with Crippen LogP contribution in [-0.2, 0) is 22.6 Å². The molecule has 2 amide bonds. The predicted octanol–water partition coefficient (Wildman–Crippen LogP) is 3.60. The molecule has 1 saturated heterocycles. The Kier molecular flexibility index (Phi) is 6.25. The first-order valence-corrected chi connectivity index (χ1v) is 11.3. The second kappa shape index (κ2) is 9.05. The Morgan fingerprint density at radius 3 is 2.76 bits per heavy atom. The molecule has 154 valence electrons. The van der Waals surface area contributed by atoms with Gasteiger partial charge in [-0.1, -0.05) is 30.7 Å². The molecule has 1 aromatic heterocycles. The molecule has 0 radical (unpaired) electrons. The van der Waals surface area contributed by atoms with Crippen molar-refractivity contribution in [1.29, 1.82) is 0 Å². The summed E-state index contributed by atoms with van der Waals surface area (Å²) in [6.07, 6.45) is 4.90. The summed E-state index contributed by atoms with van der Waals surface area (Å²) in [6.45, 7) is 5.33. The highest BCUT2D eigenvalue weighted by molar-refractivity contribution is 7.13. The van der Waals surface area contributed by atoms with Crippen LogP contribution in [0.1, 0.15) is 55.5 Å². The molecule has 0 aliphatic carbocycles. The Hall–Kier alpha value is -2.25. The van der Waals surface area contributed by atoms with Crippen molar-refractivity contribution in [3.8, 4) is 0 Å². The third-order valence-corrected chi connectivity index (χ3v) is 6.63. The maximum Gasteiger partial charge on any atom is 0.228 e. The van der Waals surface area contributed by atoms with Gasteiger partial charge in [-0.15, -0.1) is 11.3 Å². The summed E-state index contributed by atoms with van der Waals surface area (Å²) in [7, 11) is 0. The quantitative estimate of drug-likeness (QED) is 0.815. The first-order chi connectivity index (χ1) is 14.1. The van der Waals surface area contributed by atoms with Crippen LogP contribution in [0.3, 0.4) is 0 Å². The van der Waals surface area contributed by atoms with Crippen molar-refractivity contribution in [2.75, 3.05) is 25.0 Å². The molecule has 2 aliphatic rings. The van der Waals surface area contributed by atoms with Crippen LogP contribution in [0.5, 0.6) is 0 Å². The van der Waals surface area contributed by atoms with E-state index in [9.17, 15) is 9.59 Å². The molecule has 0 bridgehead atoms. The molecule has 2 aromatic rings. The van der Waals surface area contributed by atoms with E-state index in [4.69, 9.17) is 0 Å². The van der Waals surface area contributed by atoms with Gasteiger partial charge in [-0.2, -0.15) is 0 Å². The van der Waals surface area contributed by atoms with Gasteiger partial charge >= 0.3 is 0 Å². The number of nitrogens with zero attached hydrogens (tertiary/aromatic N) is 3. The van der Waals surface area contributed by atoms with Crippen LogP contribution in [-0.4, -0.2) is 46.2 Å². The molecule has 1 aromatic carbocycles. The van der Waals surface area contributed by atoms with Gasteiger partial charge in [0.2, 0.25) is 11.8 Å². The third kappa shape index (κ3) is 4.85. The van der Waals surface area contributed by atoms with Crippen LogP contribution >= 0.6 is 11.3 Å². The molecule has 6 nitrogen and oxygen atoms in total. The van der Waals surface area contributed by atoms with E-state index in [1.807, 2.05) is 28.5 Å². The zero-order valence-corrected chi connectivity index (χ0v) is 17.7. The van der Waals surface area contributed by atoms with Crippen LogP contribution in [0.2, 0.25) is 0 Å². The highest BCUT2D eigenvalue weighted by atomic mass is 32.1. The SMILES string of the molecule is CC(=O)N1CCc2ccccc2C1CC(=O)Nc1nc(CN2CCCCC2)cs1. The molecule has 4 rings (SSSR count). The molecule has 2 aliphatic heterocycles. The summed E-state index contributed by atoms with van der Waals surface area (Å²) in [4.78, 5) is 33.7. The Balaban J connectivity index is 1.40. The summed E-state index contributed by atoms with van der Waals surface area (Å²) in [5, 5.41) is 5.62. The third-order valence-electron chi connectivity index (χ3n) is 5.83. The fourth-order valence-corrected chi connectivity index (χ4v) is 5.10. The number of carbonyl (C=O) groups excluding carboxylic acids is 2. The molecule has 0 saturated carbocycles. The number of benzene rings is 1. The number of rotatable bonds is 5. The monoisotopic (exact) mass is 412 g/mol. The first kappa shape index (κ1) is 20.0. The minimum atomic E-state index is -0.217. The maximum absolute atomic E-state index is 12.8. The summed E-state index contributed by atoms with van der Waals surface area (Å²) in [5.41, 5.74) is 3.32. The Morgan fingerprint density at radius 1 is 1.17 bits per heavy atom. The largest absolute Gasteiger partial charge is 0.335 e. The summed E-state index contributed by atoms with van der Waals surface area (Å²) in [5.74, 6) is -0.0906. The topological polar surface area (TPSA) is 65.5 Å². The van der Waals surface area contributed by atoms with Gasteiger partial charge in [0.25, 0.3) is 0 Å². The minimum absolute atomic E-state index is 0.00960. The first-order valence-electron chi connectivity index (χ1n) is 10.4. The lowest BCUT2D eigenvalue weighted by Crippen LogP contribution is -2.40. The predicted molar refractivity (Wildman–Crippen MR) is 115 cm³/mol. The molecule has 7 heteroatoms. The van der Waals surface area contributed by atoms with Gasteiger partial charge in [0.1, 0.15) is 0 Å². The molecule has 1 unspecified atom stereocenters. The van der Waals surface area contributed by atoms with Crippen molar-refractivity contribution in [3.05, 3.63) is 46.5 Å². The number of hydrogen-bond donors (Lipinski definition) is 1. The van der Waals surface area contributed by atoms with Crippen molar-refractivity contribution in [3.63, 3.8) is 0 Å². The van der Waals surface area contributed by atoms with Gasteiger partial charge in [0.15, 0.2) is 5.13 Å². The minimum Gasteiger partial charge on any atom is -0.335 e. The van der Waals surface area contributed by atoms with Gasteiger partial charge < -0.3 is 10.2 Å². The molecular weight excluding hydrogens is 384 g/mol. The van der Waals surface area contributed by atoms with Crippen molar-refractivity contribution >= 4 is 28.3 Å². The highest BCUT2D eigenvalue weighted by Crippen LogP contribution is 2.32. The summed E-state index contributed by atoms with van der Waals surface area (Å²) < 4.78 is 0. The van der Waals surface area contributed by atoms with Gasteiger partial charge in [-0.05, 0) is 43.5 Å². The van der Waals surface area contributed by atoms with E-state index in [0.717, 1.165) is 37.3 Å². The second-order valence-electron chi connectivity index (χ2n) is 7.91. The molecule has 29 heavy (non-hydrogen) atoms. The van der Waals surface area contributed by atoms with E-state index in [0.29, 0.717) is 11.7 Å². The number of piperidine rings is 1. The Morgan fingerprint density at radius 2 is 1.97 bits per heavy atom. The standard InChI is InChI=1S/C22H28N4O2S/c1-16(27)26-12-9-17-7-3-4-8-19(17)20(26)13-21(28)24-22-23-18(15-29-22)14-25-10-5-2-6-11-25/h3-4,7-8,15,20H,2,5-6,9-14H2,1H3,(H,23,24,28). The van der Waals surface area contributed by atoms with Gasteiger partial charge in [0, 0.05) is 25.4 Å². The van der Waals surface area contributed by atoms with E-state index in [2.05, 4.69) is 21.3 Å². The Bertz CT molecular complexity index is 875. The molecule has 3 heterocycles. The van der Waals surface area contributed by atoms with Crippen LogP contribution in [0.15, 0.2) is 29.6 Å². The van der Waals surface area contributed by atoms with E-state index in [1.165, 1.54) is 36.2 Å². The highest BCUT2D eigenvalue weighted by Gasteiger charge is 2.30. The van der Waals surface area contributed by atoms with E-state index in [-0.39, 0.29) is 24.3 Å². The van der Waals surface area contributed by atoms with Crippen LogP contribution < -0.4 is 5.32 Å². The number of nitrogens with one attached hydrogen (secondary N) is 1. The molecule has 1 atom stereocenters. The zero-order valence-electron chi connectivity index (χ0n) is 16.9. The molecule has 0 spiro atoms. The number of carbonyl (C=O) groups is 2. The Labute approximate surface area is 175 Å². The molecule has 1 N–H and O–H groups in total. The average molecular weight is 413 g/mol. The smallest absolute Gasteiger partial charge is 0.228 e. The molecule has 1 fully saturated rings. The van der Waals surface area contributed by atoms with Crippen molar-refractivity contribution < 1.29 is 9.59 Å². The number of fused-ring (bicyclic) bond motifs is 1. The normalized spacial score (nSPS) is 19.6. The number of likely N-dealkylation sites (tertiary alicyclic amines) is 1. The maximum atomic E-state index is 12.8. The van der Waals surface area contributed by atoms with Gasteiger partial charge in [0.05, 0.1) is 18.2 Å². The number of thiazole rings is 1. The second-order valence-corrected chi connectivity index (χ2v) is 8.77. The lowest BCUT2D eigenvalue weighted by molar-refractivity contribution is -0.132. The fourth-order valence-electron chi connectivity index (χ4n) is 4.38. The fraction of sp³-hybridized carbons (Fsp3) is 0.500. The lowest BCUT2D eigenvalue weighted by Gasteiger charge is -2.36.